The number of hydrogen-bond acceptors (Lipinski definition) is 2. The molecule has 2 aliphatic rings. The van der Waals surface area contributed by atoms with Gasteiger partial charge in [-0.2, -0.15) is 0 Å². The molecule has 0 spiro atoms. The molecule has 1 N–H and O–H groups in total. The molecule has 1 heterocycles. The van der Waals surface area contributed by atoms with Crippen molar-refractivity contribution >= 4 is 22.9 Å². The minimum atomic E-state index is 0.495. The second kappa shape index (κ2) is 4.62. The first-order valence-corrected chi connectivity index (χ1v) is 8.12. The maximum Gasteiger partial charge on any atom is 0.0934 e. The zero-order chi connectivity index (χ0) is 12.8. The number of rotatable bonds is 2. The zero-order valence-electron chi connectivity index (χ0n) is 10.7. The molecular formula is C16H16ClNS. The maximum atomic E-state index is 6.13. The standard InChI is InChI=1S/C16H16ClNS/c17-16-9-12-14(7-8-15(12)19-16)18-13-6-5-10-3-1-2-4-11(10)13/h1-4,9,13-14,18H,5-8H2. The number of nitrogens with one attached hydrogen (secondary N) is 1. The lowest BCUT2D eigenvalue weighted by Gasteiger charge is -2.20. The predicted octanol–water partition coefficient (Wildman–Crippen LogP) is 4.67. The summed E-state index contributed by atoms with van der Waals surface area (Å²) < 4.78 is 0.934. The zero-order valence-corrected chi connectivity index (χ0v) is 12.2. The Labute approximate surface area is 122 Å². The minimum Gasteiger partial charge on any atom is -0.303 e. The molecular weight excluding hydrogens is 274 g/mol. The molecule has 19 heavy (non-hydrogen) atoms. The lowest BCUT2D eigenvalue weighted by atomic mass is 10.1. The van der Waals surface area contributed by atoms with Crippen molar-refractivity contribution in [1.29, 1.82) is 0 Å². The molecule has 2 unspecified atom stereocenters. The smallest absolute Gasteiger partial charge is 0.0934 e. The van der Waals surface area contributed by atoms with Gasteiger partial charge >= 0.3 is 0 Å². The number of fused-ring (bicyclic) bond motifs is 2. The van der Waals surface area contributed by atoms with Gasteiger partial charge in [0.25, 0.3) is 0 Å². The SMILES string of the molecule is Clc1cc2c(s1)CCC2NC1CCc2ccccc21. The first-order valence-electron chi connectivity index (χ1n) is 6.93. The Balaban J connectivity index is 1.58. The fourth-order valence-electron chi connectivity index (χ4n) is 3.48. The Kier molecular flexibility index (Phi) is 2.91. The molecule has 2 atom stereocenters. The Morgan fingerprint density at radius 1 is 1.05 bits per heavy atom. The summed E-state index contributed by atoms with van der Waals surface area (Å²) in [6.07, 6.45) is 4.83. The fourth-order valence-corrected chi connectivity index (χ4v) is 4.83. The Bertz CT molecular complexity index is 619. The highest BCUT2D eigenvalue weighted by molar-refractivity contribution is 7.16. The molecule has 0 saturated heterocycles. The van der Waals surface area contributed by atoms with Crippen molar-refractivity contribution < 1.29 is 0 Å². The molecule has 0 fully saturated rings. The fraction of sp³-hybridized carbons (Fsp3) is 0.375. The molecule has 0 radical (unpaired) electrons. The van der Waals surface area contributed by atoms with E-state index in [1.54, 1.807) is 11.3 Å². The van der Waals surface area contributed by atoms with E-state index in [-0.39, 0.29) is 0 Å². The van der Waals surface area contributed by atoms with Crippen molar-refractivity contribution in [3.63, 3.8) is 0 Å². The van der Waals surface area contributed by atoms with Crippen LogP contribution in [0.1, 0.15) is 46.5 Å². The van der Waals surface area contributed by atoms with E-state index in [0.717, 1.165) is 4.34 Å². The molecule has 1 aromatic carbocycles. The van der Waals surface area contributed by atoms with Gasteiger partial charge in [-0.25, -0.2) is 0 Å². The molecule has 0 aliphatic heterocycles. The lowest BCUT2D eigenvalue weighted by Crippen LogP contribution is -2.23. The van der Waals surface area contributed by atoms with Crippen molar-refractivity contribution in [2.45, 2.75) is 37.8 Å². The van der Waals surface area contributed by atoms with E-state index >= 15 is 0 Å². The normalized spacial score (nSPS) is 24.5. The van der Waals surface area contributed by atoms with Crippen LogP contribution in [0.25, 0.3) is 0 Å². The third-order valence-electron chi connectivity index (χ3n) is 4.38. The third kappa shape index (κ3) is 2.03. The number of aryl methyl sites for hydroxylation is 2. The van der Waals surface area contributed by atoms with E-state index in [1.165, 1.54) is 47.3 Å². The van der Waals surface area contributed by atoms with Crippen LogP contribution in [0.15, 0.2) is 30.3 Å². The van der Waals surface area contributed by atoms with Crippen LogP contribution in [0.4, 0.5) is 0 Å². The topological polar surface area (TPSA) is 12.0 Å². The highest BCUT2D eigenvalue weighted by Crippen LogP contribution is 2.42. The Morgan fingerprint density at radius 3 is 2.79 bits per heavy atom. The van der Waals surface area contributed by atoms with E-state index in [1.807, 2.05) is 0 Å². The number of hydrogen-bond donors (Lipinski definition) is 1. The Hall–Kier alpha value is -0.830. The van der Waals surface area contributed by atoms with E-state index in [0.29, 0.717) is 12.1 Å². The monoisotopic (exact) mass is 289 g/mol. The van der Waals surface area contributed by atoms with E-state index in [2.05, 4.69) is 35.6 Å². The second-order valence-electron chi connectivity index (χ2n) is 5.48. The van der Waals surface area contributed by atoms with Gasteiger partial charge < -0.3 is 5.32 Å². The molecule has 0 saturated carbocycles. The highest BCUT2D eigenvalue weighted by atomic mass is 35.5. The molecule has 98 valence electrons. The summed E-state index contributed by atoms with van der Waals surface area (Å²) in [6.45, 7) is 0. The molecule has 1 nitrogen and oxygen atoms in total. The first-order chi connectivity index (χ1) is 9.31. The van der Waals surface area contributed by atoms with Crippen LogP contribution in [-0.2, 0) is 12.8 Å². The summed E-state index contributed by atoms with van der Waals surface area (Å²) in [4.78, 5) is 1.48. The average molecular weight is 290 g/mol. The van der Waals surface area contributed by atoms with E-state index < -0.39 is 0 Å². The van der Waals surface area contributed by atoms with Crippen LogP contribution in [0.5, 0.6) is 0 Å². The van der Waals surface area contributed by atoms with E-state index in [4.69, 9.17) is 11.6 Å². The van der Waals surface area contributed by atoms with Crippen molar-refractivity contribution in [2.75, 3.05) is 0 Å². The van der Waals surface area contributed by atoms with Crippen LogP contribution >= 0.6 is 22.9 Å². The summed E-state index contributed by atoms with van der Waals surface area (Å²) in [7, 11) is 0. The molecule has 0 bridgehead atoms. The minimum absolute atomic E-state index is 0.495. The van der Waals surface area contributed by atoms with Gasteiger partial charge in [0, 0.05) is 17.0 Å². The summed E-state index contributed by atoms with van der Waals surface area (Å²) in [5, 5.41) is 3.85. The van der Waals surface area contributed by atoms with Gasteiger partial charge in [0.1, 0.15) is 0 Å². The Morgan fingerprint density at radius 2 is 1.84 bits per heavy atom. The summed E-state index contributed by atoms with van der Waals surface area (Å²) in [6, 6.07) is 12.0. The molecule has 0 amide bonds. The van der Waals surface area contributed by atoms with Crippen molar-refractivity contribution in [3.05, 3.63) is 56.2 Å². The number of benzene rings is 1. The average Bonchev–Trinajstić information content (AvgIpc) is 3.07. The van der Waals surface area contributed by atoms with Crippen LogP contribution < -0.4 is 5.32 Å². The van der Waals surface area contributed by atoms with Gasteiger partial charge in [0.05, 0.1) is 4.34 Å². The first kappa shape index (κ1) is 12.0. The molecule has 1 aromatic heterocycles. The number of thiophene rings is 1. The van der Waals surface area contributed by atoms with Gasteiger partial charge in [-0.15, -0.1) is 11.3 Å². The maximum absolute atomic E-state index is 6.13. The van der Waals surface area contributed by atoms with Crippen LogP contribution in [0.3, 0.4) is 0 Å². The van der Waals surface area contributed by atoms with Crippen LogP contribution in [-0.4, -0.2) is 0 Å². The van der Waals surface area contributed by atoms with E-state index in [9.17, 15) is 0 Å². The lowest BCUT2D eigenvalue weighted by molar-refractivity contribution is 0.440. The predicted molar refractivity (Wildman–Crippen MR) is 81.0 cm³/mol. The van der Waals surface area contributed by atoms with Gasteiger partial charge in [-0.3, -0.25) is 0 Å². The van der Waals surface area contributed by atoms with Gasteiger partial charge in [-0.1, -0.05) is 35.9 Å². The molecule has 4 rings (SSSR count). The summed E-state index contributed by atoms with van der Waals surface area (Å²) in [5.41, 5.74) is 4.46. The van der Waals surface area contributed by atoms with Gasteiger partial charge in [-0.05, 0) is 48.4 Å². The van der Waals surface area contributed by atoms with Gasteiger partial charge in [0.2, 0.25) is 0 Å². The van der Waals surface area contributed by atoms with Crippen molar-refractivity contribution in [1.82, 2.24) is 5.32 Å². The summed E-state index contributed by atoms with van der Waals surface area (Å²) in [5.74, 6) is 0. The van der Waals surface area contributed by atoms with Gasteiger partial charge in [0.15, 0.2) is 0 Å². The molecule has 2 aliphatic carbocycles. The molecule has 3 heteroatoms. The number of halogens is 1. The largest absolute Gasteiger partial charge is 0.303 e. The van der Waals surface area contributed by atoms with Crippen LogP contribution in [0.2, 0.25) is 4.34 Å². The quantitative estimate of drug-likeness (QED) is 0.847. The highest BCUT2D eigenvalue weighted by Gasteiger charge is 2.29. The summed E-state index contributed by atoms with van der Waals surface area (Å²) >= 11 is 7.88. The van der Waals surface area contributed by atoms with Crippen molar-refractivity contribution in [2.24, 2.45) is 0 Å². The molecule has 2 aromatic rings. The second-order valence-corrected chi connectivity index (χ2v) is 7.25. The van der Waals surface area contributed by atoms with Crippen LogP contribution in [0, 0.1) is 0 Å². The third-order valence-corrected chi connectivity index (χ3v) is 5.72. The van der Waals surface area contributed by atoms with Crippen molar-refractivity contribution in [3.8, 4) is 0 Å².